The van der Waals surface area contributed by atoms with Crippen LogP contribution in [0.4, 0.5) is 5.69 Å². The lowest BCUT2D eigenvalue weighted by atomic mass is 10.00. The van der Waals surface area contributed by atoms with E-state index in [4.69, 9.17) is 16.2 Å². The zero-order valence-electron chi connectivity index (χ0n) is 12.7. The molecule has 0 saturated carbocycles. The number of hydrogen-bond acceptors (Lipinski definition) is 4. The van der Waals surface area contributed by atoms with Gasteiger partial charge in [-0.25, -0.2) is 0 Å². The lowest BCUT2D eigenvalue weighted by Crippen LogP contribution is -2.32. The van der Waals surface area contributed by atoms with Crippen molar-refractivity contribution in [1.29, 1.82) is 0 Å². The van der Waals surface area contributed by atoms with E-state index < -0.39 is 21.8 Å². The van der Waals surface area contributed by atoms with Crippen molar-refractivity contribution in [3.63, 3.8) is 0 Å². The van der Waals surface area contributed by atoms with Gasteiger partial charge in [-0.05, 0) is 24.6 Å². The third kappa shape index (κ3) is 4.95. The van der Waals surface area contributed by atoms with Crippen LogP contribution in [0.25, 0.3) is 0 Å². The van der Waals surface area contributed by atoms with Crippen LogP contribution in [0, 0.1) is 0 Å². The number of benzene rings is 1. The Morgan fingerprint density at radius 2 is 2.04 bits per heavy atom. The molecule has 0 saturated heterocycles. The Kier molecular flexibility index (Phi) is 5.67. The molecular formula is C15H19ClN2O4S. The van der Waals surface area contributed by atoms with Gasteiger partial charge in [-0.15, -0.1) is 0 Å². The first-order chi connectivity index (χ1) is 10.8. The van der Waals surface area contributed by atoms with Gasteiger partial charge in [0, 0.05) is 19.6 Å². The van der Waals surface area contributed by atoms with Gasteiger partial charge in [-0.2, -0.15) is 8.42 Å². The van der Waals surface area contributed by atoms with Gasteiger partial charge in [0.15, 0.2) is 0 Å². The Morgan fingerprint density at radius 3 is 2.61 bits per heavy atom. The van der Waals surface area contributed by atoms with Crippen LogP contribution in [-0.4, -0.2) is 44.3 Å². The molecule has 23 heavy (non-hydrogen) atoms. The molecule has 0 radical (unpaired) electrons. The standard InChI is InChI=1S/C15H19ClN2O4S/c1-11(15(19)17-6-9-23(20,21)22)12-4-5-14(13(16)10-12)18-7-2-3-8-18/h2-5,10-11H,6-9H2,1H3,(H,17,19)(H,20,21,22). The summed E-state index contributed by atoms with van der Waals surface area (Å²) >= 11 is 6.31. The monoisotopic (exact) mass is 358 g/mol. The van der Waals surface area contributed by atoms with Gasteiger partial charge in [-0.1, -0.05) is 29.8 Å². The first-order valence-electron chi connectivity index (χ1n) is 7.20. The second kappa shape index (κ2) is 7.33. The summed E-state index contributed by atoms with van der Waals surface area (Å²) in [5.74, 6) is -1.30. The van der Waals surface area contributed by atoms with Crippen molar-refractivity contribution < 1.29 is 17.8 Å². The minimum atomic E-state index is -4.08. The van der Waals surface area contributed by atoms with E-state index in [1.807, 2.05) is 12.1 Å². The Balaban J connectivity index is 2.00. The predicted molar refractivity (Wildman–Crippen MR) is 90.6 cm³/mol. The fourth-order valence-electron chi connectivity index (χ4n) is 2.33. The van der Waals surface area contributed by atoms with E-state index in [1.54, 1.807) is 13.0 Å². The third-order valence-corrected chi connectivity index (χ3v) is 4.71. The highest BCUT2D eigenvalue weighted by Crippen LogP contribution is 2.30. The first kappa shape index (κ1) is 17.8. The van der Waals surface area contributed by atoms with Gasteiger partial charge >= 0.3 is 0 Å². The molecular weight excluding hydrogens is 340 g/mol. The van der Waals surface area contributed by atoms with E-state index in [9.17, 15) is 13.2 Å². The molecule has 2 rings (SSSR count). The first-order valence-corrected chi connectivity index (χ1v) is 9.19. The second-order valence-electron chi connectivity index (χ2n) is 5.39. The average molecular weight is 359 g/mol. The summed E-state index contributed by atoms with van der Waals surface area (Å²) in [4.78, 5) is 14.1. The highest BCUT2D eigenvalue weighted by atomic mass is 35.5. The SMILES string of the molecule is CC(C(=O)NCCS(=O)(=O)O)c1ccc(N2CC=CC2)c(Cl)c1. The minimum absolute atomic E-state index is 0.132. The van der Waals surface area contributed by atoms with Crippen molar-refractivity contribution in [2.45, 2.75) is 12.8 Å². The third-order valence-electron chi connectivity index (χ3n) is 3.68. The summed E-state index contributed by atoms with van der Waals surface area (Å²) in [5, 5.41) is 3.06. The molecule has 1 heterocycles. The number of nitrogens with zero attached hydrogens (tertiary/aromatic N) is 1. The maximum Gasteiger partial charge on any atom is 0.266 e. The van der Waals surface area contributed by atoms with Crippen LogP contribution >= 0.6 is 11.6 Å². The number of carbonyl (C=O) groups excluding carboxylic acids is 1. The summed E-state index contributed by atoms with van der Waals surface area (Å²) in [6.07, 6.45) is 4.13. The summed E-state index contributed by atoms with van der Waals surface area (Å²) in [6, 6.07) is 5.47. The van der Waals surface area contributed by atoms with Crippen LogP contribution in [0.2, 0.25) is 5.02 Å². The molecule has 0 aromatic heterocycles. The van der Waals surface area contributed by atoms with Gasteiger partial charge in [0.05, 0.1) is 22.4 Å². The number of hydrogen-bond donors (Lipinski definition) is 2. The lowest BCUT2D eigenvalue weighted by Gasteiger charge is -2.20. The van der Waals surface area contributed by atoms with E-state index in [2.05, 4.69) is 22.4 Å². The molecule has 0 fully saturated rings. The van der Waals surface area contributed by atoms with E-state index in [-0.39, 0.29) is 12.5 Å². The number of nitrogens with one attached hydrogen (secondary N) is 1. The van der Waals surface area contributed by atoms with Crippen molar-refractivity contribution in [2.75, 3.05) is 30.3 Å². The van der Waals surface area contributed by atoms with Crippen LogP contribution in [0.15, 0.2) is 30.4 Å². The molecule has 1 aliphatic rings. The summed E-state index contributed by atoms with van der Waals surface area (Å²) < 4.78 is 29.9. The molecule has 1 amide bonds. The van der Waals surface area contributed by atoms with Crippen molar-refractivity contribution in [3.8, 4) is 0 Å². The predicted octanol–water partition coefficient (Wildman–Crippen LogP) is 1.82. The summed E-state index contributed by atoms with van der Waals surface area (Å²) in [5.41, 5.74) is 1.66. The van der Waals surface area contributed by atoms with Crippen molar-refractivity contribution in [2.24, 2.45) is 0 Å². The quantitative estimate of drug-likeness (QED) is 0.598. The maximum absolute atomic E-state index is 12.0. The molecule has 0 bridgehead atoms. The molecule has 1 unspecified atom stereocenters. The Morgan fingerprint density at radius 1 is 1.39 bits per heavy atom. The van der Waals surface area contributed by atoms with Crippen LogP contribution in [0.3, 0.4) is 0 Å². The summed E-state index contributed by atoms with van der Waals surface area (Å²) in [6.45, 7) is 3.20. The molecule has 1 aliphatic heterocycles. The minimum Gasteiger partial charge on any atom is -0.363 e. The van der Waals surface area contributed by atoms with Crippen molar-refractivity contribution in [1.82, 2.24) is 5.32 Å². The fraction of sp³-hybridized carbons (Fsp3) is 0.400. The van der Waals surface area contributed by atoms with E-state index in [1.165, 1.54) is 0 Å². The molecule has 1 aromatic carbocycles. The molecule has 8 heteroatoms. The van der Waals surface area contributed by atoms with Gasteiger partial charge in [-0.3, -0.25) is 9.35 Å². The van der Waals surface area contributed by atoms with Gasteiger partial charge < -0.3 is 10.2 Å². The van der Waals surface area contributed by atoms with E-state index in [0.717, 1.165) is 24.3 Å². The Labute approximate surface area is 140 Å². The zero-order chi connectivity index (χ0) is 17.0. The largest absolute Gasteiger partial charge is 0.363 e. The molecule has 2 N–H and O–H groups in total. The van der Waals surface area contributed by atoms with E-state index in [0.29, 0.717) is 5.02 Å². The molecule has 1 atom stereocenters. The van der Waals surface area contributed by atoms with Gasteiger partial charge in [0.25, 0.3) is 10.1 Å². The smallest absolute Gasteiger partial charge is 0.266 e. The zero-order valence-corrected chi connectivity index (χ0v) is 14.3. The summed E-state index contributed by atoms with van der Waals surface area (Å²) in [7, 11) is -4.08. The highest BCUT2D eigenvalue weighted by Gasteiger charge is 2.18. The van der Waals surface area contributed by atoms with Crippen LogP contribution in [0.5, 0.6) is 0 Å². The van der Waals surface area contributed by atoms with Crippen LogP contribution < -0.4 is 10.2 Å². The molecule has 1 aromatic rings. The second-order valence-corrected chi connectivity index (χ2v) is 7.37. The molecule has 6 nitrogen and oxygen atoms in total. The number of amides is 1. The lowest BCUT2D eigenvalue weighted by molar-refractivity contribution is -0.122. The Bertz CT molecular complexity index is 710. The average Bonchev–Trinajstić information content (AvgIpc) is 2.98. The van der Waals surface area contributed by atoms with Gasteiger partial charge in [0.1, 0.15) is 0 Å². The molecule has 0 spiro atoms. The fourth-order valence-corrected chi connectivity index (χ4v) is 3.00. The maximum atomic E-state index is 12.0. The number of anilines is 1. The van der Waals surface area contributed by atoms with Crippen LogP contribution in [-0.2, 0) is 14.9 Å². The Hall–Kier alpha value is -1.57. The highest BCUT2D eigenvalue weighted by molar-refractivity contribution is 7.85. The van der Waals surface area contributed by atoms with Crippen molar-refractivity contribution in [3.05, 3.63) is 40.9 Å². The normalized spacial score (nSPS) is 15.7. The number of halogens is 1. The van der Waals surface area contributed by atoms with Gasteiger partial charge in [0.2, 0.25) is 5.91 Å². The number of rotatable bonds is 6. The van der Waals surface area contributed by atoms with Crippen LogP contribution in [0.1, 0.15) is 18.4 Å². The topological polar surface area (TPSA) is 86.7 Å². The number of carbonyl (C=O) groups is 1. The van der Waals surface area contributed by atoms with E-state index >= 15 is 0 Å². The molecule has 126 valence electrons. The molecule has 0 aliphatic carbocycles. The van der Waals surface area contributed by atoms with Crippen molar-refractivity contribution >= 4 is 33.3 Å².